The Bertz CT molecular complexity index is 1070. The first-order valence-corrected chi connectivity index (χ1v) is 10.5. The number of carbonyl (C=O) groups is 1. The van der Waals surface area contributed by atoms with Crippen LogP contribution in [0, 0.1) is 0 Å². The van der Waals surface area contributed by atoms with Crippen molar-refractivity contribution in [3.05, 3.63) is 101 Å². The fraction of sp³-hybridized carbons (Fsp3) is 0.192. The molecule has 5 nitrogen and oxygen atoms in total. The predicted molar refractivity (Wildman–Crippen MR) is 119 cm³/mol. The largest absolute Gasteiger partial charge is 0.454 e. The van der Waals surface area contributed by atoms with Crippen LogP contribution >= 0.6 is 0 Å². The van der Waals surface area contributed by atoms with Gasteiger partial charge in [0, 0.05) is 37.0 Å². The topological polar surface area (TPSA) is 50.8 Å². The van der Waals surface area contributed by atoms with Gasteiger partial charge in [0.25, 0.3) is 0 Å². The third-order valence-electron chi connectivity index (χ3n) is 5.61. The average Bonchev–Trinajstić information content (AvgIpc) is 3.26. The Balaban J connectivity index is 1.45. The van der Waals surface area contributed by atoms with Gasteiger partial charge >= 0.3 is 0 Å². The van der Waals surface area contributed by atoms with Gasteiger partial charge in [-0.15, -0.1) is 0 Å². The van der Waals surface area contributed by atoms with Gasteiger partial charge in [-0.05, 0) is 35.2 Å². The number of nitrogens with one attached hydrogen (secondary N) is 1. The second kappa shape index (κ2) is 8.56. The number of nitrogens with zero attached hydrogens (tertiary/aromatic N) is 1. The zero-order chi connectivity index (χ0) is 21.0. The van der Waals surface area contributed by atoms with Crippen LogP contribution in [0.5, 0.6) is 11.5 Å². The predicted octanol–water partition coefficient (Wildman–Crippen LogP) is 4.13. The van der Waals surface area contributed by atoms with E-state index in [0.29, 0.717) is 13.1 Å². The highest BCUT2D eigenvalue weighted by Gasteiger charge is 2.23. The molecule has 31 heavy (non-hydrogen) atoms. The zero-order valence-corrected chi connectivity index (χ0v) is 17.2. The van der Waals surface area contributed by atoms with Crippen molar-refractivity contribution < 1.29 is 14.3 Å². The van der Waals surface area contributed by atoms with Crippen LogP contribution in [0.2, 0.25) is 0 Å². The number of ether oxygens (including phenoxy) is 2. The van der Waals surface area contributed by atoms with E-state index in [1.54, 1.807) is 6.08 Å². The van der Waals surface area contributed by atoms with E-state index in [1.165, 1.54) is 5.56 Å². The maximum absolute atomic E-state index is 13.4. The molecule has 0 unspecified atom stereocenters. The van der Waals surface area contributed by atoms with Crippen molar-refractivity contribution in [1.82, 2.24) is 10.2 Å². The summed E-state index contributed by atoms with van der Waals surface area (Å²) in [5, 5.41) is 3.40. The summed E-state index contributed by atoms with van der Waals surface area (Å²) in [6, 6.07) is 24.2. The molecule has 2 aliphatic heterocycles. The van der Waals surface area contributed by atoms with Gasteiger partial charge in [0.1, 0.15) is 0 Å². The summed E-state index contributed by atoms with van der Waals surface area (Å²) in [6.07, 6.45) is 2.60. The van der Waals surface area contributed by atoms with Crippen LogP contribution in [0.3, 0.4) is 0 Å². The summed E-state index contributed by atoms with van der Waals surface area (Å²) in [5.74, 6) is 1.48. The first kappa shape index (κ1) is 19.2. The zero-order valence-electron chi connectivity index (χ0n) is 17.2. The smallest absolute Gasteiger partial charge is 0.249 e. The Morgan fingerprint density at radius 3 is 2.16 bits per heavy atom. The lowest BCUT2D eigenvalue weighted by Gasteiger charge is -2.25. The SMILES string of the molecule is O=C(/C=C1\NCCc2cc3c(cc21)OCO3)N(Cc1ccccc1)Cc1ccccc1. The Morgan fingerprint density at radius 2 is 1.52 bits per heavy atom. The van der Waals surface area contributed by atoms with Crippen molar-refractivity contribution in [3.63, 3.8) is 0 Å². The minimum absolute atomic E-state index is 0.0271. The quantitative estimate of drug-likeness (QED) is 0.640. The summed E-state index contributed by atoms with van der Waals surface area (Å²) in [7, 11) is 0. The van der Waals surface area contributed by atoms with Gasteiger partial charge in [0.15, 0.2) is 11.5 Å². The van der Waals surface area contributed by atoms with E-state index >= 15 is 0 Å². The molecule has 3 aromatic rings. The van der Waals surface area contributed by atoms with Crippen LogP contribution in [0.4, 0.5) is 0 Å². The number of carbonyl (C=O) groups excluding carboxylic acids is 1. The highest BCUT2D eigenvalue weighted by atomic mass is 16.7. The third kappa shape index (κ3) is 4.26. The molecule has 0 fully saturated rings. The summed E-state index contributed by atoms with van der Waals surface area (Å²) in [5.41, 5.74) is 5.20. The molecule has 0 saturated heterocycles. The molecule has 5 heteroatoms. The van der Waals surface area contributed by atoms with Crippen molar-refractivity contribution in [2.24, 2.45) is 0 Å². The number of fused-ring (bicyclic) bond motifs is 2. The molecule has 0 aromatic heterocycles. The van der Waals surface area contributed by atoms with Crippen LogP contribution in [0.1, 0.15) is 22.3 Å². The first-order chi connectivity index (χ1) is 15.3. The third-order valence-corrected chi connectivity index (χ3v) is 5.61. The van der Waals surface area contributed by atoms with Crippen molar-refractivity contribution in [2.45, 2.75) is 19.5 Å². The number of hydrogen-bond donors (Lipinski definition) is 1. The van der Waals surface area contributed by atoms with E-state index in [9.17, 15) is 4.79 Å². The number of amides is 1. The molecule has 0 spiro atoms. The molecule has 2 aliphatic rings. The summed E-state index contributed by atoms with van der Waals surface area (Å²) in [6.45, 7) is 2.12. The van der Waals surface area contributed by atoms with Crippen LogP contribution in [0.15, 0.2) is 78.9 Å². The molecule has 1 N–H and O–H groups in total. The molecule has 0 saturated carbocycles. The van der Waals surface area contributed by atoms with Gasteiger partial charge < -0.3 is 19.7 Å². The fourth-order valence-electron chi connectivity index (χ4n) is 4.03. The maximum Gasteiger partial charge on any atom is 0.249 e. The van der Waals surface area contributed by atoms with Gasteiger partial charge in [0.05, 0.1) is 0 Å². The molecule has 1 amide bonds. The van der Waals surface area contributed by atoms with Crippen molar-refractivity contribution in [3.8, 4) is 11.5 Å². The second-order valence-corrected chi connectivity index (χ2v) is 7.76. The minimum Gasteiger partial charge on any atom is -0.454 e. The summed E-state index contributed by atoms with van der Waals surface area (Å²) >= 11 is 0. The summed E-state index contributed by atoms with van der Waals surface area (Å²) in [4.78, 5) is 15.3. The van der Waals surface area contributed by atoms with Crippen molar-refractivity contribution in [2.75, 3.05) is 13.3 Å². The number of hydrogen-bond acceptors (Lipinski definition) is 4. The molecule has 0 radical (unpaired) electrons. The Labute approximate surface area is 181 Å². The Kier molecular flexibility index (Phi) is 5.31. The van der Waals surface area contributed by atoms with Crippen LogP contribution in [0.25, 0.3) is 5.70 Å². The monoisotopic (exact) mass is 412 g/mol. The Morgan fingerprint density at radius 1 is 0.903 bits per heavy atom. The van der Waals surface area contributed by atoms with E-state index < -0.39 is 0 Å². The number of benzene rings is 3. The molecule has 2 heterocycles. The van der Waals surface area contributed by atoms with E-state index in [-0.39, 0.29) is 12.7 Å². The van der Waals surface area contributed by atoms with Crippen LogP contribution in [-0.2, 0) is 24.3 Å². The van der Waals surface area contributed by atoms with E-state index in [1.807, 2.05) is 77.7 Å². The van der Waals surface area contributed by atoms with Gasteiger partial charge in [-0.2, -0.15) is 0 Å². The lowest BCUT2D eigenvalue weighted by atomic mass is 9.96. The highest BCUT2D eigenvalue weighted by molar-refractivity contribution is 5.95. The Hall–Kier alpha value is -3.73. The first-order valence-electron chi connectivity index (χ1n) is 10.5. The highest BCUT2D eigenvalue weighted by Crippen LogP contribution is 2.38. The van der Waals surface area contributed by atoms with Crippen LogP contribution in [-0.4, -0.2) is 24.1 Å². The van der Waals surface area contributed by atoms with E-state index in [2.05, 4.69) is 5.32 Å². The number of rotatable bonds is 5. The lowest BCUT2D eigenvalue weighted by molar-refractivity contribution is -0.127. The summed E-state index contributed by atoms with van der Waals surface area (Å²) < 4.78 is 11.1. The normalized spacial score (nSPS) is 15.3. The minimum atomic E-state index is -0.0271. The molecular weight excluding hydrogens is 388 g/mol. The molecule has 156 valence electrons. The average molecular weight is 412 g/mol. The van der Waals surface area contributed by atoms with E-state index in [0.717, 1.165) is 46.9 Å². The van der Waals surface area contributed by atoms with Gasteiger partial charge in [-0.3, -0.25) is 4.79 Å². The second-order valence-electron chi connectivity index (χ2n) is 7.76. The van der Waals surface area contributed by atoms with Gasteiger partial charge in [0.2, 0.25) is 12.7 Å². The molecule has 5 rings (SSSR count). The van der Waals surface area contributed by atoms with E-state index in [4.69, 9.17) is 9.47 Å². The molecule has 0 bridgehead atoms. The van der Waals surface area contributed by atoms with Gasteiger partial charge in [-0.1, -0.05) is 60.7 Å². The standard InChI is InChI=1S/C26H24N2O3/c29-26(15-23-22-14-25-24(30-18-31-25)13-21(22)11-12-27-23)28(16-19-7-3-1-4-8-19)17-20-9-5-2-6-10-20/h1-10,13-15,27H,11-12,16-18H2/b23-15-. The molecule has 3 aromatic carbocycles. The molecular formula is C26H24N2O3. The van der Waals surface area contributed by atoms with Crippen LogP contribution < -0.4 is 14.8 Å². The maximum atomic E-state index is 13.4. The van der Waals surface area contributed by atoms with Crippen molar-refractivity contribution >= 4 is 11.6 Å². The van der Waals surface area contributed by atoms with Gasteiger partial charge in [-0.25, -0.2) is 0 Å². The molecule has 0 atom stereocenters. The fourth-order valence-corrected chi connectivity index (χ4v) is 4.03. The molecule has 0 aliphatic carbocycles. The van der Waals surface area contributed by atoms with Crippen molar-refractivity contribution in [1.29, 1.82) is 0 Å². The lowest BCUT2D eigenvalue weighted by Crippen LogP contribution is -2.30.